The Morgan fingerprint density at radius 2 is 1.80 bits per heavy atom. The van der Waals surface area contributed by atoms with Gasteiger partial charge in [-0.2, -0.15) is 0 Å². The molecule has 0 aliphatic carbocycles. The summed E-state index contributed by atoms with van der Waals surface area (Å²) in [5.74, 6) is 0.984. The van der Waals surface area contributed by atoms with Crippen molar-refractivity contribution in [3.05, 3.63) is 90.0 Å². The van der Waals surface area contributed by atoms with Crippen LogP contribution in [0.4, 0.5) is 10.8 Å². The molecule has 4 nitrogen and oxygen atoms in total. The standard InChI is InChI=1S/C24H22N4S2/c1-2-8-18(9-3-1)21-16-29-24(28-21)26-19-10-6-7-17(15-19)13-14-25-23-27-20-11-4-5-12-22(20)30-23/h1-12,15,21H,13-14,16H2,(H,25,27)(H,26,28)/t21-/m1/s1. The summed E-state index contributed by atoms with van der Waals surface area (Å²) in [7, 11) is 0. The number of anilines is 2. The SMILES string of the molecule is c1ccc([C@H]2CSC(Nc3cccc(CCNc4nc5ccccc5s4)c3)=N2)cc1. The molecule has 6 heteroatoms. The molecule has 3 aromatic carbocycles. The molecule has 2 heterocycles. The number of fused-ring (bicyclic) bond motifs is 1. The second kappa shape index (κ2) is 8.90. The summed E-state index contributed by atoms with van der Waals surface area (Å²) >= 11 is 3.48. The van der Waals surface area contributed by atoms with Gasteiger partial charge in [0.1, 0.15) is 0 Å². The molecule has 0 unspecified atom stereocenters. The van der Waals surface area contributed by atoms with Gasteiger partial charge >= 0.3 is 0 Å². The average Bonchev–Trinajstić information content (AvgIpc) is 3.41. The van der Waals surface area contributed by atoms with Crippen molar-refractivity contribution >= 4 is 49.3 Å². The van der Waals surface area contributed by atoms with E-state index in [9.17, 15) is 0 Å². The van der Waals surface area contributed by atoms with Crippen LogP contribution in [-0.4, -0.2) is 22.4 Å². The zero-order valence-electron chi connectivity index (χ0n) is 16.4. The Morgan fingerprint density at radius 1 is 0.933 bits per heavy atom. The van der Waals surface area contributed by atoms with E-state index in [-0.39, 0.29) is 6.04 Å². The smallest absolute Gasteiger partial charge is 0.183 e. The Labute approximate surface area is 184 Å². The number of rotatable bonds is 6. The summed E-state index contributed by atoms with van der Waals surface area (Å²) in [6.45, 7) is 0.856. The van der Waals surface area contributed by atoms with E-state index < -0.39 is 0 Å². The van der Waals surface area contributed by atoms with Gasteiger partial charge in [-0.3, -0.25) is 4.99 Å². The van der Waals surface area contributed by atoms with Gasteiger partial charge in [0.25, 0.3) is 0 Å². The van der Waals surface area contributed by atoms with Gasteiger partial charge in [0.05, 0.1) is 16.3 Å². The first kappa shape index (κ1) is 19.2. The molecule has 0 spiro atoms. The Morgan fingerprint density at radius 3 is 2.70 bits per heavy atom. The van der Waals surface area contributed by atoms with Crippen molar-refractivity contribution in [1.29, 1.82) is 0 Å². The van der Waals surface area contributed by atoms with Crippen LogP contribution in [-0.2, 0) is 6.42 Å². The van der Waals surface area contributed by atoms with Crippen LogP contribution in [0.5, 0.6) is 0 Å². The molecule has 1 aliphatic rings. The minimum absolute atomic E-state index is 0.236. The molecule has 4 aromatic rings. The predicted molar refractivity (Wildman–Crippen MR) is 131 cm³/mol. The van der Waals surface area contributed by atoms with E-state index >= 15 is 0 Å². The molecule has 1 aliphatic heterocycles. The maximum Gasteiger partial charge on any atom is 0.183 e. The number of nitrogens with zero attached hydrogens (tertiary/aromatic N) is 2. The van der Waals surface area contributed by atoms with Crippen molar-refractivity contribution in [2.45, 2.75) is 12.5 Å². The third-order valence-corrected chi connectivity index (χ3v) is 6.95. The zero-order valence-corrected chi connectivity index (χ0v) is 18.0. The topological polar surface area (TPSA) is 49.3 Å². The molecule has 1 aromatic heterocycles. The van der Waals surface area contributed by atoms with E-state index in [1.165, 1.54) is 15.8 Å². The Kier molecular flexibility index (Phi) is 5.68. The highest BCUT2D eigenvalue weighted by Gasteiger charge is 2.19. The number of para-hydroxylation sites is 1. The van der Waals surface area contributed by atoms with Crippen LogP contribution < -0.4 is 10.6 Å². The Balaban J connectivity index is 1.18. The van der Waals surface area contributed by atoms with Crippen molar-refractivity contribution in [3.63, 3.8) is 0 Å². The van der Waals surface area contributed by atoms with Crippen molar-refractivity contribution in [2.75, 3.05) is 22.9 Å². The van der Waals surface area contributed by atoms with Gasteiger partial charge in [0, 0.05) is 18.0 Å². The second-order valence-electron chi connectivity index (χ2n) is 7.16. The van der Waals surface area contributed by atoms with Crippen molar-refractivity contribution in [1.82, 2.24) is 4.98 Å². The highest BCUT2D eigenvalue weighted by Crippen LogP contribution is 2.31. The highest BCUT2D eigenvalue weighted by molar-refractivity contribution is 8.14. The number of aromatic nitrogens is 1. The number of benzene rings is 3. The van der Waals surface area contributed by atoms with E-state index in [0.29, 0.717) is 0 Å². The number of hydrogen-bond acceptors (Lipinski definition) is 6. The monoisotopic (exact) mass is 430 g/mol. The van der Waals surface area contributed by atoms with Gasteiger partial charge in [-0.1, -0.05) is 77.7 Å². The lowest BCUT2D eigenvalue weighted by atomic mass is 10.1. The summed E-state index contributed by atoms with van der Waals surface area (Å²) < 4.78 is 1.22. The van der Waals surface area contributed by atoms with Crippen molar-refractivity contribution in [3.8, 4) is 0 Å². The van der Waals surface area contributed by atoms with Gasteiger partial charge in [-0.15, -0.1) is 0 Å². The molecule has 150 valence electrons. The lowest BCUT2D eigenvalue weighted by Gasteiger charge is -2.08. The summed E-state index contributed by atoms with van der Waals surface area (Å²) in [5, 5.41) is 8.92. The molecule has 30 heavy (non-hydrogen) atoms. The molecule has 2 N–H and O–H groups in total. The molecule has 0 bridgehead atoms. The van der Waals surface area contributed by atoms with Gasteiger partial charge in [0.2, 0.25) is 0 Å². The number of aliphatic imine (C=N–C) groups is 1. The number of hydrogen-bond donors (Lipinski definition) is 2. The van der Waals surface area contributed by atoms with Crippen LogP contribution in [0.1, 0.15) is 17.2 Å². The van der Waals surface area contributed by atoms with Crippen LogP contribution in [0.15, 0.2) is 83.9 Å². The number of nitrogens with one attached hydrogen (secondary N) is 2. The lowest BCUT2D eigenvalue weighted by molar-refractivity contribution is 0.849. The number of amidine groups is 1. The van der Waals surface area contributed by atoms with Gasteiger partial charge in [0.15, 0.2) is 10.3 Å². The molecule has 1 atom stereocenters. The first-order valence-electron chi connectivity index (χ1n) is 10.0. The van der Waals surface area contributed by atoms with E-state index in [0.717, 1.165) is 40.2 Å². The summed E-state index contributed by atoms with van der Waals surface area (Å²) in [4.78, 5) is 9.49. The third kappa shape index (κ3) is 4.50. The maximum absolute atomic E-state index is 4.86. The molecule has 0 saturated heterocycles. The van der Waals surface area contributed by atoms with Crippen molar-refractivity contribution < 1.29 is 0 Å². The van der Waals surface area contributed by atoms with Crippen LogP contribution >= 0.6 is 23.1 Å². The minimum atomic E-state index is 0.236. The van der Waals surface area contributed by atoms with Gasteiger partial charge in [-0.05, 0) is 41.8 Å². The summed E-state index contributed by atoms with van der Waals surface area (Å²) in [5.41, 5.74) is 4.71. The largest absolute Gasteiger partial charge is 0.361 e. The lowest BCUT2D eigenvalue weighted by Crippen LogP contribution is -2.07. The number of thioether (sulfide) groups is 1. The van der Waals surface area contributed by atoms with Crippen LogP contribution in [0.25, 0.3) is 10.2 Å². The van der Waals surface area contributed by atoms with Gasteiger partial charge in [-0.25, -0.2) is 4.98 Å². The molecule has 0 radical (unpaired) electrons. The number of thiazole rings is 1. The first-order chi connectivity index (χ1) is 14.8. The second-order valence-corrected chi connectivity index (χ2v) is 9.20. The van der Waals surface area contributed by atoms with Crippen LogP contribution in [0, 0.1) is 0 Å². The minimum Gasteiger partial charge on any atom is -0.361 e. The summed E-state index contributed by atoms with van der Waals surface area (Å²) in [6.07, 6.45) is 0.942. The fourth-order valence-corrected chi connectivity index (χ4v) is 5.34. The highest BCUT2D eigenvalue weighted by atomic mass is 32.2. The van der Waals surface area contributed by atoms with E-state index in [4.69, 9.17) is 4.99 Å². The molecular formula is C24H22N4S2. The Bertz CT molecular complexity index is 1140. The molecule has 5 rings (SSSR count). The normalized spacial score (nSPS) is 15.9. The average molecular weight is 431 g/mol. The van der Waals surface area contributed by atoms with E-state index in [1.807, 2.05) is 12.1 Å². The van der Waals surface area contributed by atoms with E-state index in [2.05, 4.69) is 82.3 Å². The zero-order chi connectivity index (χ0) is 20.2. The van der Waals surface area contributed by atoms with Crippen molar-refractivity contribution in [2.24, 2.45) is 4.99 Å². The fraction of sp³-hybridized carbons (Fsp3) is 0.167. The predicted octanol–water partition coefficient (Wildman–Crippen LogP) is 6.21. The molecule has 0 saturated carbocycles. The van der Waals surface area contributed by atoms with E-state index in [1.54, 1.807) is 23.1 Å². The fourth-order valence-electron chi connectivity index (χ4n) is 3.48. The summed E-state index contributed by atoms with van der Waals surface area (Å²) in [6, 6.07) is 27.6. The maximum atomic E-state index is 4.86. The van der Waals surface area contributed by atoms with Crippen LogP contribution in [0.3, 0.4) is 0 Å². The molecular weight excluding hydrogens is 408 g/mol. The molecule has 0 fully saturated rings. The quantitative estimate of drug-likeness (QED) is 0.382. The van der Waals surface area contributed by atoms with Gasteiger partial charge < -0.3 is 10.6 Å². The van der Waals surface area contributed by atoms with Crippen LogP contribution in [0.2, 0.25) is 0 Å². The first-order valence-corrected chi connectivity index (χ1v) is 11.8. The third-order valence-electron chi connectivity index (χ3n) is 5.00. The molecule has 0 amide bonds. The Hall–Kier alpha value is -2.83.